The minimum atomic E-state index is -1.58. The molecule has 0 bridgehead atoms. The molecule has 0 aliphatic carbocycles. The van der Waals surface area contributed by atoms with Crippen molar-refractivity contribution in [2.45, 2.75) is 33.3 Å². The molecule has 1 rings (SSSR count). The molecule has 3 heteroatoms. The fourth-order valence-corrected chi connectivity index (χ4v) is 1.74. The summed E-state index contributed by atoms with van der Waals surface area (Å²) in [5, 5.41) is 10.2. The maximum Gasteiger partial charge on any atom is 0.342 e. The summed E-state index contributed by atoms with van der Waals surface area (Å²) in [5.74, 6) is -0.609. The number of hydrogen-bond donors (Lipinski definition) is 1. The van der Waals surface area contributed by atoms with Crippen molar-refractivity contribution in [2.24, 2.45) is 0 Å². The third-order valence-corrected chi connectivity index (χ3v) is 2.58. The lowest BCUT2D eigenvalue weighted by Crippen LogP contribution is -2.34. The van der Waals surface area contributed by atoms with E-state index in [0.29, 0.717) is 5.56 Å². The maximum atomic E-state index is 11.6. The summed E-state index contributed by atoms with van der Waals surface area (Å²) in [7, 11) is 0. The molecule has 3 nitrogen and oxygen atoms in total. The van der Waals surface area contributed by atoms with Gasteiger partial charge in [-0.25, -0.2) is 4.79 Å². The minimum absolute atomic E-state index is 0.264. The topological polar surface area (TPSA) is 46.5 Å². The van der Waals surface area contributed by atoms with Crippen molar-refractivity contribution in [1.82, 2.24) is 0 Å². The molecule has 1 atom stereocenters. The normalized spacial score (nSPS) is 14.3. The van der Waals surface area contributed by atoms with Crippen LogP contribution in [-0.2, 0) is 15.1 Å². The number of carbonyl (C=O) groups excluding carboxylic acids is 1. The highest BCUT2D eigenvalue weighted by atomic mass is 16.5. The molecule has 1 aromatic carbocycles. The molecule has 1 aromatic rings. The summed E-state index contributed by atoms with van der Waals surface area (Å²) in [6, 6.07) is 5.57. The van der Waals surface area contributed by atoms with Gasteiger partial charge in [-0.05, 0) is 38.8 Å². The van der Waals surface area contributed by atoms with Gasteiger partial charge in [0.25, 0.3) is 0 Å². The number of hydrogen-bond acceptors (Lipinski definition) is 3. The summed E-state index contributed by atoms with van der Waals surface area (Å²) in [6.07, 6.45) is 0. The van der Waals surface area contributed by atoms with Gasteiger partial charge in [-0.1, -0.05) is 23.8 Å². The van der Waals surface area contributed by atoms with E-state index in [9.17, 15) is 9.90 Å². The fourth-order valence-electron chi connectivity index (χ4n) is 1.74. The molecule has 16 heavy (non-hydrogen) atoms. The number of esters is 1. The highest BCUT2D eigenvalue weighted by Gasteiger charge is 2.35. The van der Waals surface area contributed by atoms with Gasteiger partial charge in [-0.2, -0.15) is 0 Å². The molecule has 0 radical (unpaired) electrons. The zero-order valence-corrected chi connectivity index (χ0v) is 10.2. The molecule has 0 fully saturated rings. The fraction of sp³-hybridized carbons (Fsp3) is 0.462. The van der Waals surface area contributed by atoms with E-state index < -0.39 is 11.6 Å². The van der Waals surface area contributed by atoms with Gasteiger partial charge in [-0.15, -0.1) is 0 Å². The lowest BCUT2D eigenvalue weighted by molar-refractivity contribution is -0.164. The molecule has 0 amide bonds. The van der Waals surface area contributed by atoms with E-state index >= 15 is 0 Å². The quantitative estimate of drug-likeness (QED) is 0.796. The van der Waals surface area contributed by atoms with Crippen molar-refractivity contribution in [2.75, 3.05) is 6.61 Å². The molecule has 0 aliphatic rings. The summed E-state index contributed by atoms with van der Waals surface area (Å²) in [5.41, 5.74) is 1.00. The predicted molar refractivity (Wildman–Crippen MR) is 62.1 cm³/mol. The zero-order valence-electron chi connectivity index (χ0n) is 10.2. The van der Waals surface area contributed by atoms with Gasteiger partial charge in [0, 0.05) is 0 Å². The van der Waals surface area contributed by atoms with Crippen LogP contribution >= 0.6 is 0 Å². The number of rotatable bonds is 3. The van der Waals surface area contributed by atoms with Crippen LogP contribution in [0.4, 0.5) is 0 Å². The lowest BCUT2D eigenvalue weighted by Gasteiger charge is -2.23. The van der Waals surface area contributed by atoms with Gasteiger partial charge in [0.05, 0.1) is 6.61 Å². The Labute approximate surface area is 96.1 Å². The third kappa shape index (κ3) is 2.42. The first-order valence-electron chi connectivity index (χ1n) is 5.37. The standard InChI is InChI=1S/C13H18O3/c1-5-16-12(14)13(4,15)11-7-6-9(2)8-10(11)3/h6-8,15H,5H2,1-4H3. The molecule has 0 heterocycles. The average Bonchev–Trinajstić information content (AvgIpc) is 2.17. The molecule has 1 N–H and O–H groups in total. The first-order chi connectivity index (χ1) is 7.39. The number of aryl methyl sites for hydroxylation is 2. The van der Waals surface area contributed by atoms with Crippen LogP contribution in [0.2, 0.25) is 0 Å². The van der Waals surface area contributed by atoms with Crippen LogP contribution in [0.15, 0.2) is 18.2 Å². The van der Waals surface area contributed by atoms with Gasteiger partial charge in [-0.3, -0.25) is 0 Å². The van der Waals surface area contributed by atoms with Crippen molar-refractivity contribution in [3.8, 4) is 0 Å². The van der Waals surface area contributed by atoms with Crippen LogP contribution < -0.4 is 0 Å². The van der Waals surface area contributed by atoms with E-state index in [4.69, 9.17) is 4.74 Å². The van der Waals surface area contributed by atoms with Crippen molar-refractivity contribution in [3.05, 3.63) is 34.9 Å². The van der Waals surface area contributed by atoms with Crippen LogP contribution in [0, 0.1) is 13.8 Å². The number of aliphatic hydroxyl groups is 1. The monoisotopic (exact) mass is 222 g/mol. The second-order valence-corrected chi connectivity index (χ2v) is 4.11. The van der Waals surface area contributed by atoms with E-state index in [2.05, 4.69) is 0 Å². The van der Waals surface area contributed by atoms with Gasteiger partial charge < -0.3 is 9.84 Å². The van der Waals surface area contributed by atoms with Crippen molar-refractivity contribution >= 4 is 5.97 Å². The molecule has 88 valence electrons. The Balaban J connectivity index is 3.11. The van der Waals surface area contributed by atoms with E-state index in [1.54, 1.807) is 13.0 Å². The molecular formula is C13H18O3. The Hall–Kier alpha value is -1.35. The highest BCUT2D eigenvalue weighted by molar-refractivity contribution is 5.81. The Kier molecular flexibility index (Phi) is 3.70. The number of carbonyl (C=O) groups is 1. The summed E-state index contributed by atoms with van der Waals surface area (Å²) < 4.78 is 4.86. The SMILES string of the molecule is CCOC(=O)C(C)(O)c1ccc(C)cc1C. The third-order valence-electron chi connectivity index (χ3n) is 2.58. The number of benzene rings is 1. The second kappa shape index (κ2) is 4.66. The molecule has 0 aliphatic heterocycles. The van der Waals surface area contributed by atoms with Gasteiger partial charge >= 0.3 is 5.97 Å². The van der Waals surface area contributed by atoms with E-state index in [0.717, 1.165) is 11.1 Å². The van der Waals surface area contributed by atoms with Crippen LogP contribution in [0.3, 0.4) is 0 Å². The average molecular weight is 222 g/mol. The smallest absolute Gasteiger partial charge is 0.342 e. The van der Waals surface area contributed by atoms with Crippen LogP contribution in [0.1, 0.15) is 30.5 Å². The van der Waals surface area contributed by atoms with Crippen molar-refractivity contribution < 1.29 is 14.6 Å². The van der Waals surface area contributed by atoms with E-state index in [-0.39, 0.29) is 6.61 Å². The lowest BCUT2D eigenvalue weighted by atomic mass is 9.91. The van der Waals surface area contributed by atoms with Crippen LogP contribution in [0.5, 0.6) is 0 Å². The second-order valence-electron chi connectivity index (χ2n) is 4.11. The van der Waals surface area contributed by atoms with Crippen LogP contribution in [0.25, 0.3) is 0 Å². The largest absolute Gasteiger partial charge is 0.464 e. The maximum absolute atomic E-state index is 11.6. The Morgan fingerprint density at radius 1 is 1.44 bits per heavy atom. The Bertz CT molecular complexity index is 394. The first-order valence-corrected chi connectivity index (χ1v) is 5.37. The Morgan fingerprint density at radius 3 is 2.56 bits per heavy atom. The molecule has 1 unspecified atom stereocenters. The van der Waals surface area contributed by atoms with Crippen molar-refractivity contribution in [1.29, 1.82) is 0 Å². The zero-order chi connectivity index (χ0) is 12.3. The predicted octanol–water partition coefficient (Wildman–Crippen LogP) is 2.07. The highest BCUT2D eigenvalue weighted by Crippen LogP contribution is 2.26. The minimum Gasteiger partial charge on any atom is -0.464 e. The Morgan fingerprint density at radius 2 is 2.06 bits per heavy atom. The molecule has 0 spiro atoms. The van der Waals surface area contributed by atoms with E-state index in [1.807, 2.05) is 26.0 Å². The molecular weight excluding hydrogens is 204 g/mol. The first kappa shape index (κ1) is 12.7. The van der Waals surface area contributed by atoms with Crippen molar-refractivity contribution in [3.63, 3.8) is 0 Å². The number of ether oxygens (including phenoxy) is 1. The summed E-state index contributed by atoms with van der Waals surface area (Å²) >= 11 is 0. The van der Waals surface area contributed by atoms with E-state index in [1.165, 1.54) is 6.92 Å². The van der Waals surface area contributed by atoms with Gasteiger partial charge in [0.2, 0.25) is 0 Å². The van der Waals surface area contributed by atoms with Gasteiger partial charge in [0.1, 0.15) is 0 Å². The summed E-state index contributed by atoms with van der Waals surface area (Å²) in [4.78, 5) is 11.6. The molecule has 0 saturated heterocycles. The molecule has 0 saturated carbocycles. The van der Waals surface area contributed by atoms with Gasteiger partial charge in [0.15, 0.2) is 5.60 Å². The summed E-state index contributed by atoms with van der Waals surface area (Å²) in [6.45, 7) is 7.28. The molecule has 0 aromatic heterocycles. The van der Waals surface area contributed by atoms with Crippen LogP contribution in [-0.4, -0.2) is 17.7 Å².